The molecular weight excluding hydrogens is 537 g/mol. The van der Waals surface area contributed by atoms with Gasteiger partial charge in [0.25, 0.3) is 0 Å². The van der Waals surface area contributed by atoms with Crippen molar-refractivity contribution in [2.75, 3.05) is 6.61 Å². The quantitative estimate of drug-likeness (QED) is 0.0746. The van der Waals surface area contributed by atoms with Gasteiger partial charge in [-0.2, -0.15) is 0 Å². The molecule has 0 saturated carbocycles. The highest BCUT2D eigenvalue weighted by Gasteiger charge is 2.32. The number of hydrogen-bond donors (Lipinski definition) is 3. The van der Waals surface area contributed by atoms with E-state index in [1.807, 2.05) is 23.5 Å². The van der Waals surface area contributed by atoms with Crippen LogP contribution in [0, 0.1) is 0 Å². The Morgan fingerprint density at radius 1 is 0.675 bits per heavy atom. The van der Waals surface area contributed by atoms with Gasteiger partial charge in [0.1, 0.15) is 18.1 Å². The van der Waals surface area contributed by atoms with Gasteiger partial charge in [-0.05, 0) is 59.8 Å². The normalized spacial score (nSPS) is 14.0. The van der Waals surface area contributed by atoms with Gasteiger partial charge in [-0.15, -0.1) is 23.5 Å². The van der Waals surface area contributed by atoms with E-state index in [0.29, 0.717) is 5.75 Å². The fourth-order valence-corrected chi connectivity index (χ4v) is 7.09. The fraction of sp³-hybridized carbons (Fsp3) is 0.606. The Morgan fingerprint density at radius 3 is 1.30 bits per heavy atom. The Balaban J connectivity index is 2.62. The molecule has 0 aliphatic rings. The number of aromatic hydroxyl groups is 1. The molecule has 0 unspecified atom stereocenters. The van der Waals surface area contributed by atoms with E-state index in [1.165, 1.54) is 0 Å². The van der Waals surface area contributed by atoms with Gasteiger partial charge < -0.3 is 20.8 Å². The van der Waals surface area contributed by atoms with Crippen molar-refractivity contribution in [3.8, 4) is 11.5 Å². The summed E-state index contributed by atoms with van der Waals surface area (Å²) in [5.74, 6) is 1.24. The van der Waals surface area contributed by atoms with Crippen LogP contribution in [-0.4, -0.2) is 26.8 Å². The van der Waals surface area contributed by atoms with Crippen LogP contribution in [0.25, 0.3) is 0 Å². The number of nitrogens with zero attached hydrogens (tertiary/aromatic N) is 1. The van der Waals surface area contributed by atoms with Crippen LogP contribution < -0.4 is 10.5 Å². The molecule has 7 heteroatoms. The fourth-order valence-electron chi connectivity index (χ4n) is 4.50. The van der Waals surface area contributed by atoms with E-state index >= 15 is 0 Å². The SMILES string of the molecule is CC(C)(Sc1cc(C(C)(C)C)c(O)c(C(C)(C)C)c1)Sc1cc(C(C)(C)C)c(OC/C(N)=N/O)c(C(C)(C)C)c1. The molecule has 2 aromatic rings. The van der Waals surface area contributed by atoms with E-state index in [0.717, 1.165) is 37.8 Å². The lowest BCUT2D eigenvalue weighted by atomic mass is 9.79. The summed E-state index contributed by atoms with van der Waals surface area (Å²) >= 11 is 3.64. The third-order valence-electron chi connectivity index (χ3n) is 6.60. The van der Waals surface area contributed by atoms with Gasteiger partial charge in [0, 0.05) is 32.0 Å². The van der Waals surface area contributed by atoms with Gasteiger partial charge in [-0.1, -0.05) is 88.2 Å². The molecule has 0 aromatic heterocycles. The summed E-state index contributed by atoms with van der Waals surface area (Å²) in [7, 11) is 0. The Morgan fingerprint density at radius 2 is 1.00 bits per heavy atom. The summed E-state index contributed by atoms with van der Waals surface area (Å²) in [5.41, 5.74) is 9.15. The first kappa shape index (κ1) is 34.2. The van der Waals surface area contributed by atoms with Gasteiger partial charge in [-0.3, -0.25) is 0 Å². The van der Waals surface area contributed by atoms with Crippen molar-refractivity contribution in [1.29, 1.82) is 0 Å². The molecule has 2 rings (SSSR count). The van der Waals surface area contributed by atoms with Crippen molar-refractivity contribution in [3.05, 3.63) is 46.5 Å². The van der Waals surface area contributed by atoms with E-state index in [9.17, 15) is 5.11 Å². The average Bonchev–Trinajstić information content (AvgIpc) is 2.75. The van der Waals surface area contributed by atoms with Gasteiger partial charge in [0.05, 0.1) is 4.08 Å². The predicted molar refractivity (Wildman–Crippen MR) is 174 cm³/mol. The third kappa shape index (κ3) is 8.75. The second-order valence-corrected chi connectivity index (χ2v) is 18.8. The average molecular weight is 589 g/mol. The monoisotopic (exact) mass is 588 g/mol. The Hall–Kier alpha value is -1.99. The summed E-state index contributed by atoms with van der Waals surface area (Å²) in [5, 5.41) is 23.3. The molecule has 0 aliphatic carbocycles. The van der Waals surface area contributed by atoms with Gasteiger partial charge in [0.2, 0.25) is 0 Å². The molecular formula is C33H52N2O3S2. The number of thioether (sulfide) groups is 2. The number of amidine groups is 1. The smallest absolute Gasteiger partial charge is 0.177 e. The topological polar surface area (TPSA) is 88.1 Å². The highest BCUT2D eigenvalue weighted by atomic mass is 32.2. The third-order valence-corrected chi connectivity index (χ3v) is 9.02. The summed E-state index contributed by atoms with van der Waals surface area (Å²) in [6, 6.07) is 8.76. The maximum Gasteiger partial charge on any atom is 0.177 e. The van der Waals surface area contributed by atoms with E-state index in [4.69, 9.17) is 15.7 Å². The molecule has 0 spiro atoms. The first-order chi connectivity index (χ1) is 17.9. The second-order valence-electron chi connectivity index (χ2n) is 15.2. The lowest BCUT2D eigenvalue weighted by Crippen LogP contribution is -2.25. The summed E-state index contributed by atoms with van der Waals surface area (Å²) in [4.78, 5) is 2.31. The molecule has 0 radical (unpaired) electrons. The molecule has 0 amide bonds. The van der Waals surface area contributed by atoms with Crippen LogP contribution in [0.4, 0.5) is 0 Å². The number of oxime groups is 1. The van der Waals surface area contributed by atoms with Crippen LogP contribution >= 0.6 is 23.5 Å². The number of ether oxygens (including phenoxy) is 1. The van der Waals surface area contributed by atoms with E-state index in [-0.39, 0.29) is 38.2 Å². The Kier molecular flexibility index (Phi) is 10.0. The molecule has 224 valence electrons. The van der Waals surface area contributed by atoms with Crippen LogP contribution in [0.3, 0.4) is 0 Å². The van der Waals surface area contributed by atoms with Gasteiger partial charge in [0.15, 0.2) is 5.84 Å². The zero-order chi connectivity index (χ0) is 31.1. The summed E-state index contributed by atoms with van der Waals surface area (Å²) in [6.45, 7) is 30.5. The lowest BCUT2D eigenvalue weighted by molar-refractivity contribution is 0.302. The Bertz CT molecular complexity index is 1170. The Labute approximate surface area is 251 Å². The van der Waals surface area contributed by atoms with Crippen LogP contribution in [0.5, 0.6) is 11.5 Å². The molecule has 4 N–H and O–H groups in total. The van der Waals surface area contributed by atoms with Crippen molar-refractivity contribution in [2.45, 2.75) is 132 Å². The molecule has 0 saturated heterocycles. The molecule has 2 aromatic carbocycles. The van der Waals surface area contributed by atoms with Crippen molar-refractivity contribution < 1.29 is 15.1 Å². The minimum absolute atomic E-state index is 0.0174. The number of hydrogen-bond acceptors (Lipinski definition) is 6. The maximum absolute atomic E-state index is 11.2. The van der Waals surface area contributed by atoms with Crippen LogP contribution in [0.15, 0.2) is 39.2 Å². The standard InChI is InChI=1S/C33H52N2O3S2/c1-29(2,3)22-15-20(16-23(27(22)36)30(4,5)6)39-33(13,14)40-21-17-24(31(7,8)9)28(38-19-26(34)35-37)25(18-21)32(10,11)12/h15-18,36-37H,19H2,1-14H3,(H2,34,35). The number of rotatable bonds is 7. The van der Waals surface area contributed by atoms with Gasteiger partial charge in [-0.25, -0.2) is 0 Å². The van der Waals surface area contributed by atoms with Crippen LogP contribution in [0.1, 0.15) is 119 Å². The minimum Gasteiger partial charge on any atom is -0.507 e. The molecule has 0 heterocycles. The largest absolute Gasteiger partial charge is 0.507 e. The molecule has 0 atom stereocenters. The van der Waals surface area contributed by atoms with E-state index in [2.05, 4.69) is 126 Å². The highest BCUT2D eigenvalue weighted by Crippen LogP contribution is 2.51. The molecule has 40 heavy (non-hydrogen) atoms. The summed E-state index contributed by atoms with van der Waals surface area (Å²) < 4.78 is 6.00. The predicted octanol–water partition coefficient (Wildman–Crippen LogP) is 9.33. The zero-order valence-electron chi connectivity index (χ0n) is 27.2. The number of phenolic OH excluding ortho intramolecular Hbond substituents is 1. The maximum atomic E-state index is 11.2. The minimum atomic E-state index is -0.206. The van der Waals surface area contributed by atoms with Gasteiger partial charge >= 0.3 is 0 Å². The molecule has 5 nitrogen and oxygen atoms in total. The number of benzene rings is 2. The second kappa shape index (κ2) is 11.7. The van der Waals surface area contributed by atoms with E-state index in [1.54, 1.807) is 0 Å². The van der Waals surface area contributed by atoms with Crippen molar-refractivity contribution in [1.82, 2.24) is 0 Å². The molecule has 0 bridgehead atoms. The number of phenols is 1. The summed E-state index contributed by atoms with van der Waals surface area (Å²) in [6.07, 6.45) is 0. The van der Waals surface area contributed by atoms with Crippen molar-refractivity contribution >= 4 is 29.4 Å². The molecule has 0 aliphatic heterocycles. The van der Waals surface area contributed by atoms with E-state index < -0.39 is 0 Å². The number of nitrogens with two attached hydrogens (primary N) is 1. The van der Waals surface area contributed by atoms with Crippen molar-refractivity contribution in [3.63, 3.8) is 0 Å². The van der Waals surface area contributed by atoms with Crippen LogP contribution in [0.2, 0.25) is 0 Å². The van der Waals surface area contributed by atoms with Crippen molar-refractivity contribution in [2.24, 2.45) is 10.9 Å². The first-order valence-corrected chi connectivity index (χ1v) is 15.5. The first-order valence-electron chi connectivity index (χ1n) is 13.9. The zero-order valence-corrected chi connectivity index (χ0v) is 28.8. The lowest BCUT2D eigenvalue weighted by Gasteiger charge is -2.32. The highest BCUT2D eigenvalue weighted by molar-refractivity contribution is 8.18. The van der Waals surface area contributed by atoms with Crippen LogP contribution in [-0.2, 0) is 21.7 Å². The molecule has 0 fully saturated rings.